The topological polar surface area (TPSA) is 9.23 Å². The third-order valence-electron chi connectivity index (χ3n) is 1.91. The lowest BCUT2D eigenvalue weighted by molar-refractivity contribution is -0.0437. The Morgan fingerprint density at radius 1 is 1.18 bits per heavy atom. The second kappa shape index (κ2) is 6.66. The van der Waals surface area contributed by atoms with Crippen molar-refractivity contribution >= 4 is 0 Å². The molecular weight excluding hydrogens is 136 g/mol. The minimum Gasteiger partial charge on any atom is -0.376 e. The van der Waals surface area contributed by atoms with Crippen molar-refractivity contribution in [1.82, 2.24) is 0 Å². The summed E-state index contributed by atoms with van der Waals surface area (Å²) in [7, 11) is 0. The minimum atomic E-state index is 0.0503. The zero-order valence-electron chi connectivity index (χ0n) is 9.19. The van der Waals surface area contributed by atoms with E-state index >= 15 is 0 Å². The molecule has 1 heteroatoms. The van der Waals surface area contributed by atoms with Gasteiger partial charge in [0.2, 0.25) is 0 Å². The highest BCUT2D eigenvalue weighted by Crippen LogP contribution is 2.19. The first kappa shape index (κ1) is 13.5. The molecule has 0 bridgehead atoms. The van der Waals surface area contributed by atoms with Gasteiger partial charge in [-0.05, 0) is 26.7 Å². The second-order valence-electron chi connectivity index (χ2n) is 3.19. The van der Waals surface area contributed by atoms with Crippen LogP contribution in [0.4, 0.5) is 0 Å². The minimum absolute atomic E-state index is 0.0503. The van der Waals surface area contributed by atoms with E-state index in [0.29, 0.717) is 5.92 Å². The van der Waals surface area contributed by atoms with Gasteiger partial charge in [-0.2, -0.15) is 0 Å². The fourth-order valence-electron chi connectivity index (χ4n) is 0.539. The van der Waals surface area contributed by atoms with Crippen molar-refractivity contribution in [3.63, 3.8) is 0 Å². The lowest BCUT2D eigenvalue weighted by atomic mass is 9.95. The summed E-state index contributed by atoms with van der Waals surface area (Å²) in [6, 6.07) is 0. The Bertz CT molecular complexity index is 74.9. The van der Waals surface area contributed by atoms with E-state index in [1.165, 1.54) is 0 Å². The normalized spacial score (nSPS) is 10.9. The first-order chi connectivity index (χ1) is 5.00. The van der Waals surface area contributed by atoms with Crippen LogP contribution in [0.2, 0.25) is 0 Å². The standard InChI is InChI=1S/C8H18O.C2H6/c1-6-9-8(4,5)7(2)3;1-2/h7H,6H2,1-5H3;1-2H3. The fourth-order valence-corrected chi connectivity index (χ4v) is 0.539. The van der Waals surface area contributed by atoms with Gasteiger partial charge in [-0.3, -0.25) is 0 Å². The van der Waals surface area contributed by atoms with Gasteiger partial charge >= 0.3 is 0 Å². The van der Waals surface area contributed by atoms with Crippen molar-refractivity contribution in [3.8, 4) is 0 Å². The number of hydrogen-bond donors (Lipinski definition) is 0. The maximum Gasteiger partial charge on any atom is 0.0649 e. The van der Waals surface area contributed by atoms with Crippen molar-refractivity contribution in [2.45, 2.75) is 54.1 Å². The Balaban J connectivity index is 0. The van der Waals surface area contributed by atoms with E-state index in [2.05, 4.69) is 27.7 Å². The van der Waals surface area contributed by atoms with Gasteiger partial charge in [-0.15, -0.1) is 0 Å². The van der Waals surface area contributed by atoms with Gasteiger partial charge in [0.1, 0.15) is 0 Å². The summed E-state index contributed by atoms with van der Waals surface area (Å²) in [5.41, 5.74) is 0.0503. The zero-order chi connectivity index (χ0) is 9.49. The van der Waals surface area contributed by atoms with Crippen LogP contribution in [0.15, 0.2) is 0 Å². The quantitative estimate of drug-likeness (QED) is 0.614. The van der Waals surface area contributed by atoms with Gasteiger partial charge in [0.25, 0.3) is 0 Å². The van der Waals surface area contributed by atoms with Crippen molar-refractivity contribution in [2.75, 3.05) is 6.61 Å². The molecule has 0 aliphatic heterocycles. The van der Waals surface area contributed by atoms with Gasteiger partial charge in [0, 0.05) is 6.61 Å². The number of hydrogen-bond acceptors (Lipinski definition) is 1. The Labute approximate surface area is 72.1 Å². The van der Waals surface area contributed by atoms with Crippen molar-refractivity contribution in [2.24, 2.45) is 5.92 Å². The van der Waals surface area contributed by atoms with Crippen LogP contribution in [0.1, 0.15) is 48.5 Å². The largest absolute Gasteiger partial charge is 0.376 e. The Hall–Kier alpha value is -0.0400. The summed E-state index contributed by atoms with van der Waals surface area (Å²) in [6.45, 7) is 15.4. The Kier molecular flexibility index (Phi) is 8.20. The molecule has 0 atom stereocenters. The predicted octanol–water partition coefficient (Wildman–Crippen LogP) is 3.48. The maximum absolute atomic E-state index is 5.49. The maximum atomic E-state index is 5.49. The number of rotatable bonds is 3. The first-order valence-corrected chi connectivity index (χ1v) is 4.64. The molecule has 0 rings (SSSR count). The van der Waals surface area contributed by atoms with E-state index < -0.39 is 0 Å². The molecule has 0 aromatic heterocycles. The summed E-state index contributed by atoms with van der Waals surface area (Å²) in [4.78, 5) is 0. The summed E-state index contributed by atoms with van der Waals surface area (Å²) in [6.07, 6.45) is 0. The lowest BCUT2D eigenvalue weighted by Gasteiger charge is -2.28. The molecule has 11 heavy (non-hydrogen) atoms. The molecule has 0 saturated heterocycles. The average Bonchev–Trinajstić information content (AvgIpc) is 1.92. The molecule has 0 aromatic rings. The van der Waals surface area contributed by atoms with Crippen LogP contribution in [-0.2, 0) is 4.74 Å². The molecule has 0 aromatic carbocycles. The van der Waals surface area contributed by atoms with Gasteiger partial charge < -0.3 is 4.74 Å². The smallest absolute Gasteiger partial charge is 0.0649 e. The Morgan fingerprint density at radius 2 is 1.55 bits per heavy atom. The van der Waals surface area contributed by atoms with Crippen LogP contribution in [0, 0.1) is 5.92 Å². The highest BCUT2D eigenvalue weighted by molar-refractivity contribution is 4.71. The average molecular weight is 160 g/mol. The van der Waals surface area contributed by atoms with Crippen LogP contribution in [0.3, 0.4) is 0 Å². The molecule has 0 aliphatic rings. The predicted molar refractivity (Wildman–Crippen MR) is 51.9 cm³/mol. The molecule has 0 aliphatic carbocycles. The van der Waals surface area contributed by atoms with E-state index in [-0.39, 0.29) is 5.60 Å². The summed E-state index contributed by atoms with van der Waals surface area (Å²) in [5.74, 6) is 0.595. The van der Waals surface area contributed by atoms with E-state index in [4.69, 9.17) is 4.74 Å². The van der Waals surface area contributed by atoms with Crippen LogP contribution < -0.4 is 0 Å². The summed E-state index contributed by atoms with van der Waals surface area (Å²) in [5, 5.41) is 0. The first-order valence-electron chi connectivity index (χ1n) is 4.64. The molecule has 0 unspecified atom stereocenters. The van der Waals surface area contributed by atoms with E-state index in [1.54, 1.807) is 0 Å². The molecule has 0 saturated carbocycles. The van der Waals surface area contributed by atoms with Crippen molar-refractivity contribution < 1.29 is 4.74 Å². The van der Waals surface area contributed by atoms with E-state index in [1.807, 2.05) is 20.8 Å². The number of ether oxygens (including phenoxy) is 1. The monoisotopic (exact) mass is 160 g/mol. The molecular formula is C10H24O. The van der Waals surface area contributed by atoms with Gasteiger partial charge in [0.15, 0.2) is 0 Å². The van der Waals surface area contributed by atoms with Crippen LogP contribution in [-0.4, -0.2) is 12.2 Å². The Morgan fingerprint density at radius 3 is 1.64 bits per heavy atom. The molecule has 0 N–H and O–H groups in total. The highest BCUT2D eigenvalue weighted by atomic mass is 16.5. The van der Waals surface area contributed by atoms with Crippen LogP contribution in [0.25, 0.3) is 0 Å². The molecule has 0 spiro atoms. The van der Waals surface area contributed by atoms with Crippen molar-refractivity contribution in [1.29, 1.82) is 0 Å². The highest BCUT2D eigenvalue weighted by Gasteiger charge is 2.21. The second-order valence-corrected chi connectivity index (χ2v) is 3.19. The zero-order valence-corrected chi connectivity index (χ0v) is 9.19. The molecule has 0 fully saturated rings. The van der Waals surface area contributed by atoms with Gasteiger partial charge in [-0.25, -0.2) is 0 Å². The molecule has 0 heterocycles. The molecule has 0 amide bonds. The van der Waals surface area contributed by atoms with Crippen LogP contribution >= 0.6 is 0 Å². The van der Waals surface area contributed by atoms with Crippen LogP contribution in [0.5, 0.6) is 0 Å². The van der Waals surface area contributed by atoms with E-state index in [9.17, 15) is 0 Å². The summed E-state index contributed by atoms with van der Waals surface area (Å²) < 4.78 is 5.49. The molecule has 1 nitrogen and oxygen atoms in total. The fraction of sp³-hybridized carbons (Fsp3) is 1.00. The van der Waals surface area contributed by atoms with E-state index in [0.717, 1.165) is 6.61 Å². The van der Waals surface area contributed by atoms with Gasteiger partial charge in [-0.1, -0.05) is 27.7 Å². The summed E-state index contributed by atoms with van der Waals surface area (Å²) >= 11 is 0. The third-order valence-corrected chi connectivity index (χ3v) is 1.91. The molecule has 0 radical (unpaired) electrons. The molecule has 70 valence electrons. The van der Waals surface area contributed by atoms with Crippen molar-refractivity contribution in [3.05, 3.63) is 0 Å². The lowest BCUT2D eigenvalue weighted by Crippen LogP contribution is -2.30. The third kappa shape index (κ3) is 6.36. The van der Waals surface area contributed by atoms with Gasteiger partial charge in [0.05, 0.1) is 5.60 Å². The SMILES string of the molecule is CC.CCOC(C)(C)C(C)C.